The van der Waals surface area contributed by atoms with Crippen molar-refractivity contribution in [2.75, 3.05) is 45.8 Å². The van der Waals surface area contributed by atoms with Crippen molar-refractivity contribution >= 4 is 0 Å². The molecule has 1 heterocycles. The van der Waals surface area contributed by atoms with E-state index in [1.54, 1.807) is 0 Å². The maximum Gasteiger partial charge on any atom is 0.0110 e. The zero-order chi connectivity index (χ0) is 14.4. The minimum Gasteiger partial charge on any atom is -0.314 e. The van der Waals surface area contributed by atoms with Crippen LogP contribution in [0.25, 0.3) is 0 Å². The van der Waals surface area contributed by atoms with Crippen LogP contribution < -0.4 is 5.32 Å². The number of nitrogens with one attached hydrogen (secondary N) is 1. The molecule has 0 bridgehead atoms. The molecule has 2 rings (SSSR count). The first-order valence-electron chi connectivity index (χ1n) is 8.91. The maximum absolute atomic E-state index is 3.81. The molecule has 1 saturated carbocycles. The van der Waals surface area contributed by atoms with Crippen molar-refractivity contribution in [3.8, 4) is 0 Å². The Morgan fingerprint density at radius 1 is 1.00 bits per heavy atom. The molecule has 20 heavy (non-hydrogen) atoms. The number of likely N-dealkylation sites (N-methyl/N-ethyl adjacent to an activating group) is 1. The molecule has 1 N–H and O–H groups in total. The lowest BCUT2D eigenvalue weighted by Crippen LogP contribution is -2.51. The molecule has 2 fully saturated rings. The lowest BCUT2D eigenvalue weighted by molar-refractivity contribution is 0.0933. The van der Waals surface area contributed by atoms with Gasteiger partial charge in [0.25, 0.3) is 0 Å². The minimum atomic E-state index is 0.773. The molecular weight excluding hydrogens is 246 g/mol. The van der Waals surface area contributed by atoms with Crippen molar-refractivity contribution in [1.29, 1.82) is 0 Å². The molecule has 3 atom stereocenters. The number of rotatable bonds is 6. The van der Waals surface area contributed by atoms with Crippen LogP contribution in [0.1, 0.15) is 46.5 Å². The summed E-state index contributed by atoms with van der Waals surface area (Å²) in [4.78, 5) is 5.29. The van der Waals surface area contributed by atoms with Crippen LogP contribution in [-0.4, -0.2) is 61.7 Å². The van der Waals surface area contributed by atoms with Gasteiger partial charge in [-0.25, -0.2) is 0 Å². The highest BCUT2D eigenvalue weighted by Crippen LogP contribution is 2.30. The van der Waals surface area contributed by atoms with Crippen molar-refractivity contribution in [1.82, 2.24) is 15.1 Å². The molecule has 0 aromatic heterocycles. The van der Waals surface area contributed by atoms with E-state index in [2.05, 4.69) is 35.9 Å². The lowest BCUT2D eigenvalue weighted by atomic mass is 9.78. The van der Waals surface area contributed by atoms with Gasteiger partial charge in [0.15, 0.2) is 0 Å². The molecule has 1 saturated heterocycles. The largest absolute Gasteiger partial charge is 0.314 e. The second-order valence-corrected chi connectivity index (χ2v) is 6.97. The van der Waals surface area contributed by atoms with E-state index in [0.717, 1.165) is 17.9 Å². The molecule has 0 aromatic rings. The summed E-state index contributed by atoms with van der Waals surface area (Å²) in [5.74, 6) is 1.80. The maximum atomic E-state index is 3.81. The Morgan fingerprint density at radius 2 is 1.70 bits per heavy atom. The van der Waals surface area contributed by atoms with Crippen molar-refractivity contribution in [3.05, 3.63) is 0 Å². The third-order valence-electron chi connectivity index (χ3n) is 5.31. The monoisotopic (exact) mass is 281 g/mol. The summed E-state index contributed by atoms with van der Waals surface area (Å²) in [6, 6.07) is 0.773. The van der Waals surface area contributed by atoms with Gasteiger partial charge in [0.1, 0.15) is 0 Å². The normalized spacial score (nSPS) is 33.5. The second-order valence-electron chi connectivity index (χ2n) is 6.97. The SMILES string of the molecule is CCCNC1CCC(C)CC1CN1CCN(CC)CC1. The Labute approximate surface area is 126 Å². The molecule has 0 aromatic carbocycles. The van der Waals surface area contributed by atoms with E-state index in [1.807, 2.05) is 0 Å². The molecule has 3 unspecified atom stereocenters. The zero-order valence-electron chi connectivity index (χ0n) is 13.9. The predicted molar refractivity (Wildman–Crippen MR) is 87.1 cm³/mol. The van der Waals surface area contributed by atoms with Gasteiger partial charge < -0.3 is 15.1 Å². The summed E-state index contributed by atoms with van der Waals surface area (Å²) < 4.78 is 0. The van der Waals surface area contributed by atoms with E-state index in [4.69, 9.17) is 0 Å². The molecule has 1 aliphatic heterocycles. The zero-order valence-corrected chi connectivity index (χ0v) is 13.9. The van der Waals surface area contributed by atoms with Crippen LogP contribution in [0.15, 0.2) is 0 Å². The second kappa shape index (κ2) is 8.35. The summed E-state index contributed by atoms with van der Waals surface area (Å²) in [5.41, 5.74) is 0. The summed E-state index contributed by atoms with van der Waals surface area (Å²) in [5, 5.41) is 3.81. The highest BCUT2D eigenvalue weighted by atomic mass is 15.3. The topological polar surface area (TPSA) is 18.5 Å². The summed E-state index contributed by atoms with van der Waals surface area (Å²) in [6.07, 6.45) is 5.49. The first kappa shape index (κ1) is 16.3. The lowest BCUT2D eigenvalue weighted by Gasteiger charge is -2.41. The van der Waals surface area contributed by atoms with Gasteiger partial charge in [0.05, 0.1) is 0 Å². The number of nitrogens with zero attached hydrogens (tertiary/aromatic N) is 2. The van der Waals surface area contributed by atoms with E-state index < -0.39 is 0 Å². The molecule has 1 aliphatic carbocycles. The van der Waals surface area contributed by atoms with Crippen molar-refractivity contribution in [2.45, 2.75) is 52.5 Å². The fourth-order valence-corrected chi connectivity index (χ4v) is 3.92. The van der Waals surface area contributed by atoms with Crippen molar-refractivity contribution in [3.63, 3.8) is 0 Å². The van der Waals surface area contributed by atoms with Crippen LogP contribution in [0.3, 0.4) is 0 Å². The molecule has 0 radical (unpaired) electrons. The fourth-order valence-electron chi connectivity index (χ4n) is 3.92. The summed E-state index contributed by atoms with van der Waals surface area (Å²) >= 11 is 0. The number of piperazine rings is 1. The van der Waals surface area contributed by atoms with Crippen LogP contribution in [0.2, 0.25) is 0 Å². The third kappa shape index (κ3) is 4.71. The Morgan fingerprint density at radius 3 is 2.35 bits per heavy atom. The predicted octanol–water partition coefficient (Wildman–Crippen LogP) is 2.43. The Hall–Kier alpha value is -0.120. The van der Waals surface area contributed by atoms with Crippen LogP contribution in [0.5, 0.6) is 0 Å². The Balaban J connectivity index is 1.81. The average Bonchev–Trinajstić information content (AvgIpc) is 2.47. The number of hydrogen-bond acceptors (Lipinski definition) is 3. The van der Waals surface area contributed by atoms with Gasteiger partial charge >= 0.3 is 0 Å². The summed E-state index contributed by atoms with van der Waals surface area (Å²) in [6.45, 7) is 15.8. The highest BCUT2D eigenvalue weighted by molar-refractivity contribution is 4.86. The minimum absolute atomic E-state index is 0.773. The van der Waals surface area contributed by atoms with E-state index >= 15 is 0 Å². The van der Waals surface area contributed by atoms with E-state index in [-0.39, 0.29) is 0 Å². The van der Waals surface area contributed by atoms with Gasteiger partial charge in [0.2, 0.25) is 0 Å². The fraction of sp³-hybridized carbons (Fsp3) is 1.00. The van der Waals surface area contributed by atoms with Gasteiger partial charge in [-0.2, -0.15) is 0 Å². The van der Waals surface area contributed by atoms with Crippen LogP contribution >= 0.6 is 0 Å². The Bertz CT molecular complexity index is 259. The van der Waals surface area contributed by atoms with Gasteiger partial charge in [-0.3, -0.25) is 0 Å². The van der Waals surface area contributed by atoms with Gasteiger partial charge in [-0.05, 0) is 50.6 Å². The molecule has 3 heteroatoms. The average molecular weight is 281 g/mol. The molecule has 3 nitrogen and oxygen atoms in total. The van der Waals surface area contributed by atoms with Crippen LogP contribution in [0, 0.1) is 11.8 Å². The van der Waals surface area contributed by atoms with Gasteiger partial charge in [0, 0.05) is 38.8 Å². The Kier molecular flexibility index (Phi) is 6.79. The molecule has 0 spiro atoms. The standard InChI is InChI=1S/C17H35N3/c1-4-8-18-17-7-6-15(3)13-16(17)14-20-11-9-19(5-2)10-12-20/h15-18H,4-14H2,1-3H3. The van der Waals surface area contributed by atoms with Crippen molar-refractivity contribution in [2.24, 2.45) is 11.8 Å². The quantitative estimate of drug-likeness (QED) is 0.807. The van der Waals surface area contributed by atoms with Crippen molar-refractivity contribution < 1.29 is 0 Å². The molecule has 118 valence electrons. The molecular formula is C17H35N3. The smallest absolute Gasteiger partial charge is 0.0110 e. The third-order valence-corrected chi connectivity index (χ3v) is 5.31. The van der Waals surface area contributed by atoms with E-state index in [9.17, 15) is 0 Å². The number of hydrogen-bond donors (Lipinski definition) is 1. The first-order chi connectivity index (χ1) is 9.72. The van der Waals surface area contributed by atoms with Crippen LogP contribution in [0.4, 0.5) is 0 Å². The summed E-state index contributed by atoms with van der Waals surface area (Å²) in [7, 11) is 0. The van der Waals surface area contributed by atoms with E-state index in [1.165, 1.54) is 71.5 Å². The molecule has 2 aliphatic rings. The van der Waals surface area contributed by atoms with Gasteiger partial charge in [-0.1, -0.05) is 20.8 Å². The highest BCUT2D eigenvalue weighted by Gasteiger charge is 2.30. The molecule has 0 amide bonds. The van der Waals surface area contributed by atoms with Crippen LogP contribution in [-0.2, 0) is 0 Å². The van der Waals surface area contributed by atoms with Gasteiger partial charge in [-0.15, -0.1) is 0 Å². The van der Waals surface area contributed by atoms with E-state index in [0.29, 0.717) is 0 Å². The first-order valence-corrected chi connectivity index (χ1v) is 8.91.